The molecule has 0 fully saturated rings. The van der Waals surface area contributed by atoms with Gasteiger partial charge in [-0.05, 0) is 25.0 Å². The molecule has 0 aliphatic rings. The van der Waals surface area contributed by atoms with E-state index in [0.29, 0.717) is 5.75 Å². The summed E-state index contributed by atoms with van der Waals surface area (Å²) in [4.78, 5) is 0. The van der Waals surface area contributed by atoms with Crippen molar-refractivity contribution < 1.29 is 10.2 Å². The zero-order valence-electron chi connectivity index (χ0n) is 7.91. The molecular weight excluding hydrogens is 164 g/mol. The van der Waals surface area contributed by atoms with Gasteiger partial charge in [0.25, 0.3) is 0 Å². The standard InChI is InChI=1S/C11H14O2/c1-8-5-6-9(2)11(13)10(8)4-3-7-12/h3-6,12-13H,7H2,1-2H3/b4-3+. The number of aromatic hydroxyl groups is 1. The first-order chi connectivity index (χ1) is 6.16. The molecule has 1 aromatic rings. The van der Waals surface area contributed by atoms with E-state index in [4.69, 9.17) is 5.11 Å². The molecule has 0 spiro atoms. The highest BCUT2D eigenvalue weighted by atomic mass is 16.3. The third-order valence-corrected chi connectivity index (χ3v) is 2.03. The summed E-state index contributed by atoms with van der Waals surface area (Å²) in [6.45, 7) is 3.77. The van der Waals surface area contributed by atoms with Crippen LogP contribution in [0.1, 0.15) is 16.7 Å². The Labute approximate surface area is 78.2 Å². The quantitative estimate of drug-likeness (QED) is 0.727. The Morgan fingerprint density at radius 1 is 1.23 bits per heavy atom. The lowest BCUT2D eigenvalue weighted by Crippen LogP contribution is -1.85. The minimum Gasteiger partial charge on any atom is -0.507 e. The van der Waals surface area contributed by atoms with E-state index in [0.717, 1.165) is 16.7 Å². The van der Waals surface area contributed by atoms with Gasteiger partial charge in [0.1, 0.15) is 5.75 Å². The number of hydrogen-bond acceptors (Lipinski definition) is 2. The fourth-order valence-electron chi connectivity index (χ4n) is 1.20. The van der Waals surface area contributed by atoms with Gasteiger partial charge in [-0.1, -0.05) is 24.3 Å². The average molecular weight is 178 g/mol. The molecule has 0 saturated carbocycles. The van der Waals surface area contributed by atoms with Crippen molar-refractivity contribution in [3.05, 3.63) is 34.9 Å². The molecule has 0 saturated heterocycles. The topological polar surface area (TPSA) is 40.5 Å². The first-order valence-electron chi connectivity index (χ1n) is 4.23. The van der Waals surface area contributed by atoms with Crippen LogP contribution < -0.4 is 0 Å². The van der Waals surface area contributed by atoms with E-state index < -0.39 is 0 Å². The predicted octanol–water partition coefficient (Wildman–Crippen LogP) is 2.01. The molecule has 70 valence electrons. The van der Waals surface area contributed by atoms with Crippen LogP contribution in [0.2, 0.25) is 0 Å². The molecule has 0 radical (unpaired) electrons. The first kappa shape index (κ1) is 9.81. The third-order valence-electron chi connectivity index (χ3n) is 2.03. The number of rotatable bonds is 2. The Bertz CT molecular complexity index is 327. The van der Waals surface area contributed by atoms with Crippen molar-refractivity contribution in [3.8, 4) is 5.75 Å². The van der Waals surface area contributed by atoms with E-state index in [-0.39, 0.29) is 6.61 Å². The van der Waals surface area contributed by atoms with E-state index in [1.807, 2.05) is 26.0 Å². The van der Waals surface area contributed by atoms with Crippen LogP contribution in [0.15, 0.2) is 18.2 Å². The minimum atomic E-state index is -0.00712. The van der Waals surface area contributed by atoms with Gasteiger partial charge in [-0.2, -0.15) is 0 Å². The van der Waals surface area contributed by atoms with Crippen molar-refractivity contribution in [2.45, 2.75) is 13.8 Å². The summed E-state index contributed by atoms with van der Waals surface area (Å²) in [6.07, 6.45) is 3.35. The van der Waals surface area contributed by atoms with Gasteiger partial charge in [0.2, 0.25) is 0 Å². The van der Waals surface area contributed by atoms with Gasteiger partial charge in [-0.3, -0.25) is 0 Å². The van der Waals surface area contributed by atoms with Crippen molar-refractivity contribution in [2.75, 3.05) is 6.61 Å². The van der Waals surface area contributed by atoms with Crippen molar-refractivity contribution in [3.63, 3.8) is 0 Å². The van der Waals surface area contributed by atoms with Crippen LogP contribution in [0.3, 0.4) is 0 Å². The fourth-order valence-corrected chi connectivity index (χ4v) is 1.20. The van der Waals surface area contributed by atoms with Crippen LogP contribution in [-0.4, -0.2) is 16.8 Å². The molecule has 2 N–H and O–H groups in total. The molecule has 0 aromatic heterocycles. The lowest BCUT2D eigenvalue weighted by Gasteiger charge is -2.06. The Morgan fingerprint density at radius 3 is 2.46 bits per heavy atom. The van der Waals surface area contributed by atoms with Crippen molar-refractivity contribution in [1.29, 1.82) is 0 Å². The van der Waals surface area contributed by atoms with Gasteiger partial charge in [-0.15, -0.1) is 0 Å². The summed E-state index contributed by atoms with van der Waals surface area (Å²) in [5.74, 6) is 0.296. The molecule has 0 atom stereocenters. The Kier molecular flexibility index (Phi) is 3.09. The first-order valence-corrected chi connectivity index (χ1v) is 4.23. The van der Waals surface area contributed by atoms with Crippen LogP contribution in [0.25, 0.3) is 6.08 Å². The number of aliphatic hydroxyl groups is 1. The Balaban J connectivity index is 3.17. The Hall–Kier alpha value is -1.28. The predicted molar refractivity (Wildman–Crippen MR) is 53.7 cm³/mol. The molecule has 0 heterocycles. The monoisotopic (exact) mass is 178 g/mol. The molecular formula is C11H14O2. The average Bonchev–Trinajstić information content (AvgIpc) is 2.12. The zero-order chi connectivity index (χ0) is 9.84. The highest BCUT2D eigenvalue weighted by Crippen LogP contribution is 2.26. The summed E-state index contributed by atoms with van der Waals surface area (Å²) in [5, 5.41) is 18.3. The number of benzene rings is 1. The van der Waals surface area contributed by atoms with Gasteiger partial charge < -0.3 is 10.2 Å². The molecule has 1 rings (SSSR count). The summed E-state index contributed by atoms with van der Waals surface area (Å²) in [7, 11) is 0. The van der Waals surface area contributed by atoms with Crippen LogP contribution in [-0.2, 0) is 0 Å². The third kappa shape index (κ3) is 2.10. The van der Waals surface area contributed by atoms with Crippen LogP contribution in [0.5, 0.6) is 5.75 Å². The minimum absolute atomic E-state index is 0.00712. The van der Waals surface area contributed by atoms with E-state index in [2.05, 4.69) is 0 Å². The summed E-state index contributed by atoms with van der Waals surface area (Å²) in [6, 6.07) is 3.83. The molecule has 1 aromatic carbocycles. The van der Waals surface area contributed by atoms with Gasteiger partial charge in [0, 0.05) is 5.56 Å². The van der Waals surface area contributed by atoms with Crippen LogP contribution >= 0.6 is 0 Å². The Morgan fingerprint density at radius 2 is 1.85 bits per heavy atom. The van der Waals surface area contributed by atoms with Crippen molar-refractivity contribution in [2.24, 2.45) is 0 Å². The number of aryl methyl sites for hydroxylation is 2. The molecule has 0 amide bonds. The van der Waals surface area contributed by atoms with Gasteiger partial charge >= 0.3 is 0 Å². The molecule has 0 unspecified atom stereocenters. The summed E-state index contributed by atoms with van der Waals surface area (Å²) >= 11 is 0. The van der Waals surface area contributed by atoms with Crippen LogP contribution in [0, 0.1) is 13.8 Å². The van der Waals surface area contributed by atoms with Crippen LogP contribution in [0.4, 0.5) is 0 Å². The normalized spacial score (nSPS) is 11.0. The molecule has 13 heavy (non-hydrogen) atoms. The van der Waals surface area contributed by atoms with Gasteiger partial charge in [-0.25, -0.2) is 0 Å². The van der Waals surface area contributed by atoms with E-state index in [1.165, 1.54) is 0 Å². The zero-order valence-corrected chi connectivity index (χ0v) is 7.91. The highest BCUT2D eigenvalue weighted by Gasteiger charge is 2.03. The van der Waals surface area contributed by atoms with Gasteiger partial charge in [0.15, 0.2) is 0 Å². The molecule has 0 aliphatic heterocycles. The SMILES string of the molecule is Cc1ccc(C)c(/C=C/CO)c1O. The number of aliphatic hydroxyl groups excluding tert-OH is 1. The number of phenols is 1. The second kappa shape index (κ2) is 4.10. The molecule has 2 heteroatoms. The summed E-state index contributed by atoms with van der Waals surface area (Å²) in [5.41, 5.74) is 2.64. The maximum absolute atomic E-state index is 9.67. The van der Waals surface area contributed by atoms with E-state index in [1.54, 1.807) is 12.2 Å². The number of phenolic OH excluding ortho intramolecular Hbond substituents is 1. The molecule has 0 aliphatic carbocycles. The fraction of sp³-hybridized carbons (Fsp3) is 0.273. The second-order valence-electron chi connectivity index (χ2n) is 3.05. The molecule has 0 bridgehead atoms. The smallest absolute Gasteiger partial charge is 0.125 e. The maximum atomic E-state index is 9.67. The molecule has 2 nitrogen and oxygen atoms in total. The second-order valence-corrected chi connectivity index (χ2v) is 3.05. The van der Waals surface area contributed by atoms with Gasteiger partial charge in [0.05, 0.1) is 6.61 Å². The number of hydrogen-bond donors (Lipinski definition) is 2. The maximum Gasteiger partial charge on any atom is 0.125 e. The lowest BCUT2D eigenvalue weighted by atomic mass is 10.0. The van der Waals surface area contributed by atoms with Crippen molar-refractivity contribution >= 4 is 6.08 Å². The lowest BCUT2D eigenvalue weighted by molar-refractivity contribution is 0.343. The van der Waals surface area contributed by atoms with E-state index >= 15 is 0 Å². The van der Waals surface area contributed by atoms with E-state index in [9.17, 15) is 5.11 Å². The summed E-state index contributed by atoms with van der Waals surface area (Å²) < 4.78 is 0. The van der Waals surface area contributed by atoms with Crippen molar-refractivity contribution in [1.82, 2.24) is 0 Å². The largest absolute Gasteiger partial charge is 0.507 e. The highest BCUT2D eigenvalue weighted by molar-refractivity contribution is 5.62.